The van der Waals surface area contributed by atoms with Gasteiger partial charge in [-0.2, -0.15) is 0 Å². The molecule has 1 N–H and O–H groups in total. The lowest BCUT2D eigenvalue weighted by Crippen LogP contribution is -2.11. The van der Waals surface area contributed by atoms with E-state index in [1.54, 1.807) is 12.1 Å². The molecule has 0 aliphatic heterocycles. The second kappa shape index (κ2) is 5.50. The maximum Gasteiger partial charge on any atom is 0.137 e. The van der Waals surface area contributed by atoms with Crippen molar-refractivity contribution in [3.05, 3.63) is 28.0 Å². The first-order valence-electron chi connectivity index (χ1n) is 5.24. The highest BCUT2D eigenvalue weighted by Crippen LogP contribution is 2.24. The predicted octanol–water partition coefficient (Wildman–Crippen LogP) is 4.35. The average molecular weight is 274 g/mol. The van der Waals surface area contributed by atoms with E-state index in [1.165, 1.54) is 0 Å². The Morgan fingerprint density at radius 3 is 2.73 bits per heavy atom. The standard InChI is InChI=1S/C12H17BrFN/c1-4-8(2)7-15-12-6-10(13)11(14)5-9(12)3/h5-6,8,15H,4,7H2,1-3H3. The van der Waals surface area contributed by atoms with Gasteiger partial charge in [0.2, 0.25) is 0 Å². The highest BCUT2D eigenvalue weighted by atomic mass is 79.9. The third-order valence-electron chi connectivity index (χ3n) is 2.61. The molecule has 1 aromatic carbocycles. The topological polar surface area (TPSA) is 12.0 Å². The van der Waals surface area contributed by atoms with Crippen molar-refractivity contribution in [3.8, 4) is 0 Å². The molecule has 0 spiro atoms. The minimum Gasteiger partial charge on any atom is -0.385 e. The molecule has 0 bridgehead atoms. The largest absolute Gasteiger partial charge is 0.385 e. The van der Waals surface area contributed by atoms with Crippen molar-refractivity contribution in [2.45, 2.75) is 27.2 Å². The molecule has 0 aliphatic carbocycles. The first-order valence-corrected chi connectivity index (χ1v) is 6.03. The van der Waals surface area contributed by atoms with Crippen LogP contribution in [0.1, 0.15) is 25.8 Å². The summed E-state index contributed by atoms with van der Waals surface area (Å²) >= 11 is 3.19. The molecule has 0 saturated carbocycles. The fourth-order valence-corrected chi connectivity index (χ4v) is 1.61. The summed E-state index contributed by atoms with van der Waals surface area (Å²) < 4.78 is 13.7. The van der Waals surface area contributed by atoms with E-state index < -0.39 is 0 Å². The number of halogens is 2. The highest BCUT2D eigenvalue weighted by molar-refractivity contribution is 9.10. The van der Waals surface area contributed by atoms with Crippen LogP contribution in [0, 0.1) is 18.7 Å². The van der Waals surface area contributed by atoms with Crippen molar-refractivity contribution in [2.24, 2.45) is 5.92 Å². The molecule has 1 aromatic rings. The molecule has 0 saturated heterocycles. The number of rotatable bonds is 4. The molecular formula is C12H17BrFN. The summed E-state index contributed by atoms with van der Waals surface area (Å²) in [4.78, 5) is 0. The maximum atomic E-state index is 13.1. The quantitative estimate of drug-likeness (QED) is 0.860. The third kappa shape index (κ3) is 3.49. The highest BCUT2D eigenvalue weighted by Gasteiger charge is 2.05. The number of hydrogen-bond acceptors (Lipinski definition) is 1. The Labute approximate surface area is 99.2 Å². The molecule has 0 fully saturated rings. The van der Waals surface area contributed by atoms with E-state index in [9.17, 15) is 4.39 Å². The van der Waals surface area contributed by atoms with Crippen LogP contribution >= 0.6 is 15.9 Å². The van der Waals surface area contributed by atoms with Crippen molar-refractivity contribution < 1.29 is 4.39 Å². The molecule has 3 heteroatoms. The van der Waals surface area contributed by atoms with Crippen LogP contribution in [-0.4, -0.2) is 6.54 Å². The van der Waals surface area contributed by atoms with E-state index in [-0.39, 0.29) is 5.82 Å². The van der Waals surface area contributed by atoms with Gasteiger partial charge in [-0.1, -0.05) is 20.3 Å². The van der Waals surface area contributed by atoms with Gasteiger partial charge in [-0.05, 0) is 46.5 Å². The van der Waals surface area contributed by atoms with Crippen LogP contribution in [0.2, 0.25) is 0 Å². The maximum absolute atomic E-state index is 13.1. The van der Waals surface area contributed by atoms with Gasteiger partial charge in [0.25, 0.3) is 0 Å². The lowest BCUT2D eigenvalue weighted by atomic mass is 10.1. The van der Waals surface area contributed by atoms with Gasteiger partial charge in [-0.25, -0.2) is 4.39 Å². The number of aryl methyl sites for hydroxylation is 1. The molecule has 1 rings (SSSR count). The first-order chi connectivity index (χ1) is 7.04. The molecular weight excluding hydrogens is 257 g/mol. The summed E-state index contributed by atoms with van der Waals surface area (Å²) in [6.45, 7) is 7.20. The van der Waals surface area contributed by atoms with Crippen molar-refractivity contribution >= 4 is 21.6 Å². The van der Waals surface area contributed by atoms with Gasteiger partial charge in [0.05, 0.1) is 4.47 Å². The Morgan fingerprint density at radius 2 is 2.13 bits per heavy atom. The lowest BCUT2D eigenvalue weighted by Gasteiger charge is -2.14. The van der Waals surface area contributed by atoms with Crippen LogP contribution in [-0.2, 0) is 0 Å². The summed E-state index contributed by atoms with van der Waals surface area (Å²) in [6, 6.07) is 3.34. The van der Waals surface area contributed by atoms with E-state index in [4.69, 9.17) is 0 Å². The fraction of sp³-hybridized carbons (Fsp3) is 0.500. The van der Waals surface area contributed by atoms with E-state index in [1.807, 2.05) is 6.92 Å². The van der Waals surface area contributed by atoms with Crippen molar-refractivity contribution in [1.29, 1.82) is 0 Å². The molecule has 0 aromatic heterocycles. The van der Waals surface area contributed by atoms with Crippen LogP contribution in [0.25, 0.3) is 0 Å². The van der Waals surface area contributed by atoms with Gasteiger partial charge in [0.1, 0.15) is 5.82 Å². The Bertz CT molecular complexity index is 339. The van der Waals surface area contributed by atoms with Crippen LogP contribution in [0.15, 0.2) is 16.6 Å². The molecule has 0 radical (unpaired) electrons. The Kier molecular flexibility index (Phi) is 4.58. The van der Waals surface area contributed by atoms with Gasteiger partial charge in [-0.3, -0.25) is 0 Å². The summed E-state index contributed by atoms with van der Waals surface area (Å²) in [5.41, 5.74) is 1.95. The van der Waals surface area contributed by atoms with Crippen LogP contribution in [0.5, 0.6) is 0 Å². The van der Waals surface area contributed by atoms with Crippen LogP contribution in [0.3, 0.4) is 0 Å². The zero-order valence-electron chi connectivity index (χ0n) is 9.40. The normalized spacial score (nSPS) is 12.6. The minimum absolute atomic E-state index is 0.207. The SMILES string of the molecule is CCC(C)CNc1cc(Br)c(F)cc1C. The molecule has 0 aliphatic rings. The second-order valence-corrected chi connectivity index (χ2v) is 4.83. The van der Waals surface area contributed by atoms with Crippen LogP contribution in [0.4, 0.5) is 10.1 Å². The van der Waals surface area contributed by atoms with Gasteiger partial charge in [0.15, 0.2) is 0 Å². The zero-order valence-corrected chi connectivity index (χ0v) is 11.0. The first kappa shape index (κ1) is 12.5. The Balaban J connectivity index is 2.73. The number of nitrogens with one attached hydrogen (secondary N) is 1. The van der Waals surface area contributed by atoms with E-state index >= 15 is 0 Å². The van der Waals surface area contributed by atoms with Crippen molar-refractivity contribution in [3.63, 3.8) is 0 Å². The molecule has 0 heterocycles. The number of benzene rings is 1. The van der Waals surface area contributed by atoms with E-state index in [0.717, 1.165) is 24.2 Å². The second-order valence-electron chi connectivity index (χ2n) is 3.98. The van der Waals surface area contributed by atoms with E-state index in [2.05, 4.69) is 35.1 Å². The van der Waals surface area contributed by atoms with Gasteiger partial charge < -0.3 is 5.32 Å². The monoisotopic (exact) mass is 273 g/mol. The van der Waals surface area contributed by atoms with Gasteiger partial charge >= 0.3 is 0 Å². The Hall–Kier alpha value is -0.570. The molecule has 0 amide bonds. The molecule has 84 valence electrons. The smallest absolute Gasteiger partial charge is 0.137 e. The summed E-state index contributed by atoms with van der Waals surface area (Å²) in [5.74, 6) is 0.426. The van der Waals surface area contributed by atoms with Crippen molar-refractivity contribution in [2.75, 3.05) is 11.9 Å². The minimum atomic E-state index is -0.207. The molecule has 1 nitrogen and oxygen atoms in total. The number of hydrogen-bond donors (Lipinski definition) is 1. The molecule has 15 heavy (non-hydrogen) atoms. The van der Waals surface area contributed by atoms with Crippen molar-refractivity contribution in [1.82, 2.24) is 0 Å². The predicted molar refractivity (Wildman–Crippen MR) is 66.8 cm³/mol. The van der Waals surface area contributed by atoms with Gasteiger partial charge in [-0.15, -0.1) is 0 Å². The summed E-state index contributed by atoms with van der Waals surface area (Å²) in [6.07, 6.45) is 1.15. The molecule has 1 atom stereocenters. The fourth-order valence-electron chi connectivity index (χ4n) is 1.27. The third-order valence-corrected chi connectivity index (χ3v) is 3.21. The lowest BCUT2D eigenvalue weighted by molar-refractivity contribution is 0.592. The zero-order chi connectivity index (χ0) is 11.4. The summed E-state index contributed by atoms with van der Waals surface area (Å²) in [7, 11) is 0. The number of anilines is 1. The Morgan fingerprint density at radius 1 is 1.47 bits per heavy atom. The van der Waals surface area contributed by atoms with Crippen LogP contribution < -0.4 is 5.32 Å². The van der Waals surface area contributed by atoms with Gasteiger partial charge in [0, 0.05) is 12.2 Å². The summed E-state index contributed by atoms with van der Waals surface area (Å²) in [5, 5.41) is 3.34. The van der Waals surface area contributed by atoms with E-state index in [0.29, 0.717) is 10.4 Å². The molecule has 1 unspecified atom stereocenters. The average Bonchev–Trinajstić information content (AvgIpc) is 2.21.